The van der Waals surface area contributed by atoms with Crippen molar-refractivity contribution in [2.75, 3.05) is 24.6 Å². The molecule has 4 atom stereocenters. The van der Waals surface area contributed by atoms with Gasteiger partial charge in [0, 0.05) is 18.5 Å². The average Bonchev–Trinajstić information content (AvgIpc) is 3.62. The number of hydrogen-bond acceptors (Lipinski definition) is 7. The summed E-state index contributed by atoms with van der Waals surface area (Å²) >= 11 is 0. The van der Waals surface area contributed by atoms with Gasteiger partial charge < -0.3 is 9.64 Å². The molecule has 8 rings (SSSR count). The molecular weight excluding hydrogens is 432 g/mol. The summed E-state index contributed by atoms with van der Waals surface area (Å²) in [5.74, 6) is 0.803. The van der Waals surface area contributed by atoms with Gasteiger partial charge in [-0.05, 0) is 42.9 Å². The number of aromatic nitrogens is 5. The van der Waals surface area contributed by atoms with Gasteiger partial charge in [0.1, 0.15) is 5.60 Å². The number of aryl methyl sites for hydroxylation is 1. The van der Waals surface area contributed by atoms with Gasteiger partial charge in [0.15, 0.2) is 17.3 Å². The minimum absolute atomic E-state index is 0.0960. The molecular formula is C25H26N6O3. The molecule has 2 bridgehead atoms. The fraction of sp³-hybridized carbons (Fsp3) is 0.440. The van der Waals surface area contributed by atoms with E-state index in [0.717, 1.165) is 42.8 Å². The van der Waals surface area contributed by atoms with Gasteiger partial charge in [-0.25, -0.2) is 14.3 Å². The number of anilines is 1. The molecule has 4 aromatic rings. The van der Waals surface area contributed by atoms with E-state index in [9.17, 15) is 4.79 Å². The Morgan fingerprint density at radius 2 is 2.09 bits per heavy atom. The van der Waals surface area contributed by atoms with Crippen LogP contribution in [0.25, 0.3) is 5.65 Å². The van der Waals surface area contributed by atoms with Gasteiger partial charge in [0.25, 0.3) is 0 Å². The second kappa shape index (κ2) is 6.79. The Morgan fingerprint density at radius 1 is 1.24 bits per heavy atom. The Morgan fingerprint density at radius 3 is 2.85 bits per heavy atom. The topological polar surface area (TPSA) is 102 Å². The largest absolute Gasteiger partial charge is 0.438 e. The molecule has 1 saturated carbocycles. The van der Waals surface area contributed by atoms with Crippen molar-refractivity contribution in [1.29, 1.82) is 0 Å². The van der Waals surface area contributed by atoms with E-state index in [-0.39, 0.29) is 17.3 Å². The summed E-state index contributed by atoms with van der Waals surface area (Å²) in [6.07, 6.45) is 3.99. The SMILES string of the molecule is Cc1cc(N2CC[C@](C)(c3ccccc3)C2)cn2nc(C34CC(CO3)C4c3noc(=O)[nH]3)nc12. The van der Waals surface area contributed by atoms with Crippen molar-refractivity contribution in [2.45, 2.75) is 43.6 Å². The molecule has 1 aliphatic carbocycles. The van der Waals surface area contributed by atoms with Crippen molar-refractivity contribution in [3.05, 3.63) is 75.9 Å². The fourth-order valence-corrected chi connectivity index (χ4v) is 6.27. The van der Waals surface area contributed by atoms with Gasteiger partial charge in [-0.15, -0.1) is 5.10 Å². The molecule has 1 aromatic carbocycles. The lowest BCUT2D eigenvalue weighted by atomic mass is 9.63. The van der Waals surface area contributed by atoms with Crippen LogP contribution in [0.1, 0.15) is 48.5 Å². The lowest BCUT2D eigenvalue weighted by Crippen LogP contribution is -2.44. The molecule has 6 heterocycles. The first-order chi connectivity index (χ1) is 16.5. The first kappa shape index (κ1) is 20.0. The molecule has 0 radical (unpaired) electrons. The molecule has 174 valence electrons. The Bertz CT molecular complexity index is 1450. The Hall–Kier alpha value is -3.46. The molecule has 3 unspecified atom stereocenters. The van der Waals surface area contributed by atoms with E-state index in [1.165, 1.54) is 5.56 Å². The van der Waals surface area contributed by atoms with E-state index in [4.69, 9.17) is 19.3 Å². The number of pyridine rings is 1. The zero-order chi connectivity index (χ0) is 23.1. The summed E-state index contributed by atoms with van der Waals surface area (Å²) in [6, 6.07) is 13.0. The summed E-state index contributed by atoms with van der Waals surface area (Å²) in [5, 5.41) is 8.81. The van der Waals surface area contributed by atoms with Gasteiger partial charge in [-0.2, -0.15) is 0 Å². The predicted octanol–water partition coefficient (Wildman–Crippen LogP) is 2.91. The smallest absolute Gasteiger partial charge is 0.369 e. The van der Waals surface area contributed by atoms with Crippen molar-refractivity contribution in [2.24, 2.45) is 5.92 Å². The first-order valence-electron chi connectivity index (χ1n) is 11.8. The fourth-order valence-electron chi connectivity index (χ4n) is 6.27. The van der Waals surface area contributed by atoms with E-state index in [2.05, 4.69) is 71.5 Å². The highest BCUT2D eigenvalue weighted by molar-refractivity contribution is 5.58. The summed E-state index contributed by atoms with van der Waals surface area (Å²) in [6.45, 7) is 6.98. The van der Waals surface area contributed by atoms with Crippen molar-refractivity contribution >= 4 is 11.3 Å². The van der Waals surface area contributed by atoms with Gasteiger partial charge in [0.05, 0.1) is 24.4 Å². The third-order valence-corrected chi connectivity index (χ3v) is 8.14. The van der Waals surface area contributed by atoms with Crippen molar-refractivity contribution in [1.82, 2.24) is 24.7 Å². The maximum atomic E-state index is 11.5. The van der Waals surface area contributed by atoms with Crippen LogP contribution >= 0.6 is 0 Å². The third kappa shape index (κ3) is 2.70. The molecule has 9 heteroatoms. The highest BCUT2D eigenvalue weighted by Crippen LogP contribution is 2.62. The Kier molecular flexibility index (Phi) is 3.98. The van der Waals surface area contributed by atoms with Gasteiger partial charge in [-0.1, -0.05) is 42.4 Å². The number of rotatable bonds is 4. The highest BCUT2D eigenvalue weighted by Gasteiger charge is 2.66. The van der Waals surface area contributed by atoms with Crippen LogP contribution in [-0.2, 0) is 15.8 Å². The zero-order valence-electron chi connectivity index (χ0n) is 19.2. The van der Waals surface area contributed by atoms with Crippen molar-refractivity contribution < 1.29 is 9.26 Å². The number of nitrogens with one attached hydrogen (secondary N) is 1. The van der Waals surface area contributed by atoms with E-state index in [1.807, 2.05) is 4.52 Å². The molecule has 4 fully saturated rings. The standard InChI is InChI=1S/C25H26N6O3/c1-15-10-18(30-9-8-24(2,14-30)17-6-4-3-5-7-17)12-31-21(15)27-22(28-31)25-11-16(13-33-25)19(25)20-26-23(32)34-29-20/h3-7,10,12,16,19H,8-9,11,13-14H2,1-2H3,(H,26,29,32)/t16?,19?,24-,25?/m0/s1. The van der Waals surface area contributed by atoms with Crippen LogP contribution < -0.4 is 10.7 Å². The molecule has 0 spiro atoms. The summed E-state index contributed by atoms with van der Waals surface area (Å²) in [5.41, 5.74) is 3.88. The molecule has 9 nitrogen and oxygen atoms in total. The number of H-pyrrole nitrogens is 1. The molecule has 1 N–H and O–H groups in total. The second-order valence-electron chi connectivity index (χ2n) is 10.3. The van der Waals surface area contributed by atoms with E-state index in [0.29, 0.717) is 18.3 Å². The van der Waals surface area contributed by atoms with Crippen molar-refractivity contribution in [3.63, 3.8) is 0 Å². The van der Waals surface area contributed by atoms with Gasteiger partial charge in [-0.3, -0.25) is 9.51 Å². The van der Waals surface area contributed by atoms with Gasteiger partial charge in [0.2, 0.25) is 0 Å². The zero-order valence-corrected chi connectivity index (χ0v) is 19.2. The normalized spacial score (nSPS) is 30.2. The molecule has 0 amide bonds. The number of ether oxygens (including phenoxy) is 1. The molecule has 3 aliphatic heterocycles. The molecule has 3 aromatic heterocycles. The molecule has 4 aliphatic rings. The molecule has 34 heavy (non-hydrogen) atoms. The lowest BCUT2D eigenvalue weighted by Gasteiger charge is -2.40. The molecule has 3 saturated heterocycles. The number of nitrogens with zero attached hydrogens (tertiary/aromatic N) is 5. The summed E-state index contributed by atoms with van der Waals surface area (Å²) < 4.78 is 12.8. The predicted molar refractivity (Wildman–Crippen MR) is 124 cm³/mol. The van der Waals surface area contributed by atoms with E-state index >= 15 is 0 Å². The summed E-state index contributed by atoms with van der Waals surface area (Å²) in [4.78, 5) is 21.6. The Labute approximate surface area is 195 Å². The van der Waals surface area contributed by atoms with Crippen LogP contribution in [-0.4, -0.2) is 44.4 Å². The van der Waals surface area contributed by atoms with Crippen LogP contribution in [0.3, 0.4) is 0 Å². The Balaban J connectivity index is 1.23. The maximum Gasteiger partial charge on any atom is 0.438 e. The van der Waals surface area contributed by atoms with Crippen LogP contribution in [0.5, 0.6) is 0 Å². The highest BCUT2D eigenvalue weighted by atomic mass is 16.5. The van der Waals surface area contributed by atoms with E-state index in [1.54, 1.807) is 0 Å². The number of hydrogen-bond donors (Lipinski definition) is 1. The quantitative estimate of drug-likeness (QED) is 0.502. The first-order valence-corrected chi connectivity index (χ1v) is 11.8. The minimum Gasteiger partial charge on any atom is -0.369 e. The van der Waals surface area contributed by atoms with Crippen LogP contribution in [0.15, 0.2) is 51.9 Å². The maximum absolute atomic E-state index is 11.5. The monoisotopic (exact) mass is 458 g/mol. The van der Waals surface area contributed by atoms with E-state index < -0.39 is 11.4 Å². The van der Waals surface area contributed by atoms with Crippen LogP contribution in [0.2, 0.25) is 0 Å². The van der Waals surface area contributed by atoms with Gasteiger partial charge >= 0.3 is 5.76 Å². The van der Waals surface area contributed by atoms with Crippen LogP contribution in [0, 0.1) is 12.8 Å². The number of benzene rings is 1. The average molecular weight is 459 g/mol. The number of fused-ring (bicyclic) bond motifs is 2. The van der Waals surface area contributed by atoms with Crippen LogP contribution in [0.4, 0.5) is 5.69 Å². The lowest BCUT2D eigenvalue weighted by molar-refractivity contribution is -0.0351. The van der Waals surface area contributed by atoms with Crippen molar-refractivity contribution in [3.8, 4) is 0 Å². The summed E-state index contributed by atoms with van der Waals surface area (Å²) in [7, 11) is 0. The second-order valence-corrected chi connectivity index (χ2v) is 10.3. The minimum atomic E-state index is -0.664. The third-order valence-electron chi connectivity index (χ3n) is 8.14. The number of aromatic amines is 1.